The zero-order chi connectivity index (χ0) is 18.5. The van der Waals surface area contributed by atoms with Crippen LogP contribution < -0.4 is 14.8 Å². The second kappa shape index (κ2) is 7.69. The number of halogens is 1. The summed E-state index contributed by atoms with van der Waals surface area (Å²) in [5.41, 5.74) is 1.18. The zero-order valence-corrected chi connectivity index (χ0v) is 14.3. The van der Waals surface area contributed by atoms with Crippen LogP contribution in [0.3, 0.4) is 0 Å². The molecule has 0 spiro atoms. The third kappa shape index (κ3) is 3.83. The van der Waals surface area contributed by atoms with Crippen LogP contribution in [0.1, 0.15) is 16.1 Å². The average Bonchev–Trinajstić information content (AvgIpc) is 3.14. The number of aromatic nitrogens is 1. The van der Waals surface area contributed by atoms with E-state index in [-0.39, 0.29) is 12.5 Å². The highest BCUT2D eigenvalue weighted by Gasteiger charge is 2.13. The van der Waals surface area contributed by atoms with Crippen molar-refractivity contribution in [2.24, 2.45) is 0 Å². The van der Waals surface area contributed by atoms with Gasteiger partial charge in [0.15, 0.2) is 5.76 Å². The number of carbonyl (C=O) groups is 1. The Hall–Kier alpha value is -3.35. The van der Waals surface area contributed by atoms with Crippen molar-refractivity contribution in [2.45, 2.75) is 6.54 Å². The second-order valence-corrected chi connectivity index (χ2v) is 5.45. The summed E-state index contributed by atoms with van der Waals surface area (Å²) in [6.07, 6.45) is 0. The number of amides is 1. The van der Waals surface area contributed by atoms with Crippen LogP contribution in [0.15, 0.2) is 53.1 Å². The number of nitrogens with zero attached hydrogens (tertiary/aromatic N) is 1. The molecule has 0 aliphatic rings. The van der Waals surface area contributed by atoms with Crippen LogP contribution in [0.25, 0.3) is 11.3 Å². The number of carbonyl (C=O) groups excluding carboxylic acids is 1. The van der Waals surface area contributed by atoms with Gasteiger partial charge in [-0.2, -0.15) is 0 Å². The maximum Gasteiger partial charge on any atom is 0.251 e. The maximum absolute atomic E-state index is 13.8. The van der Waals surface area contributed by atoms with Gasteiger partial charge in [0.1, 0.15) is 23.0 Å². The van der Waals surface area contributed by atoms with E-state index in [9.17, 15) is 9.18 Å². The molecule has 0 bridgehead atoms. The molecule has 3 rings (SSSR count). The molecule has 7 heteroatoms. The SMILES string of the molecule is COc1cc(OC)cc(C(=O)NCc2cc(-c3ccccc3F)on2)c1. The summed E-state index contributed by atoms with van der Waals surface area (Å²) < 4.78 is 29.2. The molecule has 0 aliphatic heterocycles. The van der Waals surface area contributed by atoms with E-state index in [0.717, 1.165) is 0 Å². The van der Waals surface area contributed by atoms with Crippen LogP contribution in [-0.2, 0) is 6.54 Å². The van der Waals surface area contributed by atoms with Crippen LogP contribution in [0.5, 0.6) is 11.5 Å². The highest BCUT2D eigenvalue weighted by Crippen LogP contribution is 2.24. The molecule has 0 saturated carbocycles. The van der Waals surface area contributed by atoms with Crippen molar-refractivity contribution in [1.29, 1.82) is 0 Å². The number of benzene rings is 2. The summed E-state index contributed by atoms with van der Waals surface area (Å²) >= 11 is 0. The second-order valence-electron chi connectivity index (χ2n) is 5.45. The van der Waals surface area contributed by atoms with Gasteiger partial charge in [0.2, 0.25) is 0 Å². The molecule has 0 atom stereocenters. The minimum atomic E-state index is -0.400. The van der Waals surface area contributed by atoms with Crippen molar-refractivity contribution in [1.82, 2.24) is 10.5 Å². The average molecular weight is 356 g/mol. The smallest absolute Gasteiger partial charge is 0.251 e. The minimum Gasteiger partial charge on any atom is -0.497 e. The lowest BCUT2D eigenvalue weighted by atomic mass is 10.1. The Kier molecular flexibility index (Phi) is 5.17. The maximum atomic E-state index is 13.8. The van der Waals surface area contributed by atoms with E-state index in [1.54, 1.807) is 42.5 Å². The molecular formula is C19H17FN2O4. The molecule has 134 valence electrons. The molecule has 0 fully saturated rings. The molecule has 0 unspecified atom stereocenters. The Morgan fingerprint density at radius 3 is 2.46 bits per heavy atom. The molecule has 1 aromatic heterocycles. The van der Waals surface area contributed by atoms with Gasteiger partial charge in [0.25, 0.3) is 5.91 Å². The van der Waals surface area contributed by atoms with Crippen molar-refractivity contribution in [3.63, 3.8) is 0 Å². The first-order valence-electron chi connectivity index (χ1n) is 7.82. The van der Waals surface area contributed by atoms with Crippen molar-refractivity contribution < 1.29 is 23.2 Å². The number of hydrogen-bond donors (Lipinski definition) is 1. The van der Waals surface area contributed by atoms with Crippen molar-refractivity contribution in [3.8, 4) is 22.8 Å². The highest BCUT2D eigenvalue weighted by atomic mass is 19.1. The van der Waals surface area contributed by atoms with Crippen LogP contribution in [0, 0.1) is 5.82 Å². The number of rotatable bonds is 6. The fourth-order valence-corrected chi connectivity index (χ4v) is 2.39. The van der Waals surface area contributed by atoms with E-state index in [0.29, 0.717) is 34.1 Å². The monoisotopic (exact) mass is 356 g/mol. The largest absolute Gasteiger partial charge is 0.497 e. The number of methoxy groups -OCH3 is 2. The lowest BCUT2D eigenvalue weighted by Gasteiger charge is -2.08. The summed E-state index contributed by atoms with van der Waals surface area (Å²) in [5, 5.41) is 6.59. The molecule has 2 aromatic carbocycles. The lowest BCUT2D eigenvalue weighted by molar-refractivity contribution is 0.0949. The summed E-state index contributed by atoms with van der Waals surface area (Å²) in [7, 11) is 3.02. The predicted molar refractivity (Wildman–Crippen MR) is 92.6 cm³/mol. The first kappa shape index (κ1) is 17.5. The Labute approximate surface area is 149 Å². The molecule has 3 aromatic rings. The molecule has 0 aliphatic carbocycles. The molecular weight excluding hydrogens is 339 g/mol. The van der Waals surface area contributed by atoms with Gasteiger partial charge in [0, 0.05) is 17.7 Å². The normalized spacial score (nSPS) is 10.4. The fraction of sp³-hybridized carbons (Fsp3) is 0.158. The molecule has 0 radical (unpaired) electrons. The minimum absolute atomic E-state index is 0.135. The number of nitrogens with one attached hydrogen (secondary N) is 1. The summed E-state index contributed by atoms with van der Waals surface area (Å²) in [4.78, 5) is 12.3. The van der Waals surface area contributed by atoms with E-state index in [1.807, 2.05) is 0 Å². The third-order valence-electron chi connectivity index (χ3n) is 3.74. The first-order chi connectivity index (χ1) is 12.6. The van der Waals surface area contributed by atoms with Crippen molar-refractivity contribution >= 4 is 5.91 Å². The van der Waals surface area contributed by atoms with Crippen LogP contribution in [-0.4, -0.2) is 25.3 Å². The van der Waals surface area contributed by atoms with Crippen molar-refractivity contribution in [3.05, 3.63) is 65.6 Å². The molecule has 0 saturated heterocycles. The zero-order valence-electron chi connectivity index (χ0n) is 14.3. The topological polar surface area (TPSA) is 73.6 Å². The van der Waals surface area contributed by atoms with Gasteiger partial charge in [-0.15, -0.1) is 0 Å². The van der Waals surface area contributed by atoms with Gasteiger partial charge in [0.05, 0.1) is 26.3 Å². The summed E-state index contributed by atoms with van der Waals surface area (Å²) in [5.74, 6) is 0.603. The van der Waals surface area contributed by atoms with Gasteiger partial charge in [-0.05, 0) is 24.3 Å². The van der Waals surface area contributed by atoms with E-state index >= 15 is 0 Å². The van der Waals surface area contributed by atoms with E-state index in [4.69, 9.17) is 14.0 Å². The molecule has 6 nitrogen and oxygen atoms in total. The first-order valence-corrected chi connectivity index (χ1v) is 7.82. The van der Waals surface area contributed by atoms with E-state index in [1.165, 1.54) is 20.3 Å². The molecule has 1 amide bonds. The van der Waals surface area contributed by atoms with Gasteiger partial charge >= 0.3 is 0 Å². The van der Waals surface area contributed by atoms with Crippen LogP contribution in [0.4, 0.5) is 4.39 Å². The Bertz CT molecular complexity index is 901. The van der Waals surface area contributed by atoms with Gasteiger partial charge < -0.3 is 19.3 Å². The van der Waals surface area contributed by atoms with E-state index in [2.05, 4.69) is 10.5 Å². The van der Waals surface area contributed by atoms with Crippen LogP contribution >= 0.6 is 0 Å². The lowest BCUT2D eigenvalue weighted by Crippen LogP contribution is -2.23. The van der Waals surface area contributed by atoms with Gasteiger partial charge in [-0.1, -0.05) is 17.3 Å². The Morgan fingerprint density at radius 1 is 1.12 bits per heavy atom. The van der Waals surface area contributed by atoms with Gasteiger partial charge in [-0.3, -0.25) is 4.79 Å². The summed E-state index contributed by atoms with van der Waals surface area (Å²) in [6, 6.07) is 12.7. The van der Waals surface area contributed by atoms with E-state index < -0.39 is 5.82 Å². The number of ether oxygens (including phenoxy) is 2. The highest BCUT2D eigenvalue weighted by molar-refractivity contribution is 5.95. The third-order valence-corrected chi connectivity index (χ3v) is 3.74. The quantitative estimate of drug-likeness (QED) is 0.732. The summed E-state index contributed by atoms with van der Waals surface area (Å²) in [6.45, 7) is 0.135. The fourth-order valence-electron chi connectivity index (χ4n) is 2.39. The Balaban J connectivity index is 1.70. The predicted octanol–water partition coefficient (Wildman–Crippen LogP) is 3.43. The molecule has 1 heterocycles. The standard InChI is InChI=1S/C19H17FN2O4/c1-24-14-7-12(8-15(10-14)25-2)19(23)21-11-13-9-18(26-22-13)16-5-3-4-6-17(16)20/h3-10H,11H2,1-2H3,(H,21,23). The Morgan fingerprint density at radius 2 is 1.81 bits per heavy atom. The van der Waals surface area contributed by atoms with Gasteiger partial charge in [-0.25, -0.2) is 4.39 Å². The van der Waals surface area contributed by atoms with Crippen LogP contribution in [0.2, 0.25) is 0 Å². The molecule has 26 heavy (non-hydrogen) atoms. The van der Waals surface area contributed by atoms with Crippen molar-refractivity contribution in [2.75, 3.05) is 14.2 Å². The molecule has 1 N–H and O–H groups in total. The number of hydrogen-bond acceptors (Lipinski definition) is 5.